The lowest BCUT2D eigenvalue weighted by atomic mass is 9.87. The first-order valence-corrected chi connectivity index (χ1v) is 6.43. The van der Waals surface area contributed by atoms with E-state index in [9.17, 15) is 4.79 Å². The van der Waals surface area contributed by atoms with Crippen LogP contribution in [0.4, 0.5) is 0 Å². The lowest BCUT2D eigenvalue weighted by Gasteiger charge is -2.34. The monoisotopic (exact) mass is 226 g/mol. The van der Waals surface area contributed by atoms with E-state index in [0.717, 1.165) is 32.4 Å². The summed E-state index contributed by atoms with van der Waals surface area (Å²) in [4.78, 5) is 12.1. The highest BCUT2D eigenvalue weighted by molar-refractivity contribution is 5.86. The Morgan fingerprint density at radius 3 is 2.62 bits per heavy atom. The Balaban J connectivity index is 2.45. The topological polar surface area (TPSA) is 41.1 Å². The quantitative estimate of drug-likeness (QED) is 0.770. The predicted octanol–water partition coefficient (Wildman–Crippen LogP) is 2.07. The summed E-state index contributed by atoms with van der Waals surface area (Å²) < 4.78 is 0. The molecular formula is C13H26N2O. The summed E-state index contributed by atoms with van der Waals surface area (Å²) in [5.74, 6) is 0.161. The molecule has 3 heteroatoms. The largest absolute Gasteiger partial charge is 0.354 e. The molecule has 94 valence electrons. The van der Waals surface area contributed by atoms with Crippen molar-refractivity contribution in [3.63, 3.8) is 0 Å². The molecule has 0 radical (unpaired) electrons. The van der Waals surface area contributed by atoms with Gasteiger partial charge in [-0.3, -0.25) is 4.79 Å². The molecule has 1 amide bonds. The highest BCUT2D eigenvalue weighted by Gasteiger charge is 2.34. The van der Waals surface area contributed by atoms with Gasteiger partial charge in [0.2, 0.25) is 5.91 Å². The fourth-order valence-corrected chi connectivity index (χ4v) is 1.89. The van der Waals surface area contributed by atoms with Crippen molar-refractivity contribution in [2.24, 2.45) is 5.41 Å². The first-order chi connectivity index (χ1) is 7.40. The molecule has 1 saturated heterocycles. The number of piperidine rings is 1. The minimum Gasteiger partial charge on any atom is -0.354 e. The fraction of sp³-hybridized carbons (Fsp3) is 0.923. The van der Waals surface area contributed by atoms with E-state index in [4.69, 9.17) is 0 Å². The zero-order chi connectivity index (χ0) is 12.2. The van der Waals surface area contributed by atoms with Gasteiger partial charge in [0.05, 0.1) is 5.54 Å². The summed E-state index contributed by atoms with van der Waals surface area (Å²) in [7, 11) is 0. The third kappa shape index (κ3) is 3.48. The van der Waals surface area contributed by atoms with Gasteiger partial charge in [-0.2, -0.15) is 0 Å². The lowest BCUT2D eigenvalue weighted by Crippen LogP contribution is -2.57. The molecule has 1 unspecified atom stereocenters. The van der Waals surface area contributed by atoms with E-state index in [1.54, 1.807) is 0 Å². The van der Waals surface area contributed by atoms with E-state index in [0.29, 0.717) is 0 Å². The Hall–Kier alpha value is -0.570. The molecule has 1 rings (SSSR count). The van der Waals surface area contributed by atoms with Crippen molar-refractivity contribution in [2.75, 3.05) is 13.1 Å². The Kier molecular flexibility index (Phi) is 4.36. The molecule has 0 bridgehead atoms. The molecule has 1 aliphatic rings. The number of nitrogens with one attached hydrogen (secondary N) is 2. The van der Waals surface area contributed by atoms with Crippen LogP contribution < -0.4 is 10.6 Å². The first-order valence-electron chi connectivity index (χ1n) is 6.43. The van der Waals surface area contributed by atoms with Crippen molar-refractivity contribution >= 4 is 5.91 Å². The zero-order valence-electron chi connectivity index (χ0n) is 11.2. The summed E-state index contributed by atoms with van der Waals surface area (Å²) in [6.07, 6.45) is 4.36. The summed E-state index contributed by atoms with van der Waals surface area (Å²) in [6.45, 7) is 10.3. The summed E-state index contributed by atoms with van der Waals surface area (Å²) in [5.41, 5.74) is -0.150. The van der Waals surface area contributed by atoms with Crippen molar-refractivity contribution in [3.8, 4) is 0 Å². The summed E-state index contributed by atoms with van der Waals surface area (Å²) in [5, 5.41) is 6.42. The van der Waals surface area contributed by atoms with Crippen molar-refractivity contribution in [2.45, 2.75) is 58.9 Å². The van der Waals surface area contributed by atoms with Crippen LogP contribution in [-0.2, 0) is 4.79 Å². The highest BCUT2D eigenvalue weighted by Crippen LogP contribution is 2.21. The van der Waals surface area contributed by atoms with Gasteiger partial charge in [0, 0.05) is 6.54 Å². The van der Waals surface area contributed by atoms with Crippen LogP contribution >= 0.6 is 0 Å². The van der Waals surface area contributed by atoms with Gasteiger partial charge in [-0.1, -0.05) is 20.8 Å². The maximum absolute atomic E-state index is 12.1. The minimum atomic E-state index is -0.345. The molecule has 0 aromatic rings. The van der Waals surface area contributed by atoms with Crippen molar-refractivity contribution < 1.29 is 4.79 Å². The Bertz CT molecular complexity index is 242. The van der Waals surface area contributed by atoms with Crippen LogP contribution in [0.5, 0.6) is 0 Å². The molecule has 0 aromatic heterocycles. The smallest absolute Gasteiger partial charge is 0.240 e. The van der Waals surface area contributed by atoms with Crippen LogP contribution in [0.15, 0.2) is 0 Å². The number of hydrogen-bond acceptors (Lipinski definition) is 2. The normalized spacial score (nSPS) is 26.5. The Morgan fingerprint density at radius 1 is 1.44 bits per heavy atom. The Labute approximate surface area is 99.4 Å². The molecule has 3 nitrogen and oxygen atoms in total. The molecule has 1 aliphatic heterocycles. The molecule has 1 heterocycles. The maximum Gasteiger partial charge on any atom is 0.240 e. The fourth-order valence-electron chi connectivity index (χ4n) is 1.89. The number of rotatable bonds is 4. The van der Waals surface area contributed by atoms with Crippen LogP contribution in [0.1, 0.15) is 53.4 Å². The minimum absolute atomic E-state index is 0.161. The van der Waals surface area contributed by atoms with E-state index in [1.807, 2.05) is 6.92 Å². The molecule has 0 aromatic carbocycles. The van der Waals surface area contributed by atoms with Crippen LogP contribution in [0.25, 0.3) is 0 Å². The molecule has 0 saturated carbocycles. The molecular weight excluding hydrogens is 200 g/mol. The van der Waals surface area contributed by atoms with E-state index >= 15 is 0 Å². The lowest BCUT2D eigenvalue weighted by molar-refractivity contribution is -0.128. The van der Waals surface area contributed by atoms with Crippen LogP contribution in [-0.4, -0.2) is 24.5 Å². The molecule has 1 fully saturated rings. The molecule has 0 spiro atoms. The number of carbonyl (C=O) groups excluding carboxylic acids is 1. The Morgan fingerprint density at radius 2 is 2.12 bits per heavy atom. The van der Waals surface area contributed by atoms with Gasteiger partial charge >= 0.3 is 0 Å². The van der Waals surface area contributed by atoms with Crippen molar-refractivity contribution in [1.82, 2.24) is 10.6 Å². The molecule has 16 heavy (non-hydrogen) atoms. The maximum atomic E-state index is 12.1. The molecule has 0 aliphatic carbocycles. The SMILES string of the molecule is CCC(C)(C)CNC(=O)C1(C)CCCCN1. The summed E-state index contributed by atoms with van der Waals surface area (Å²) in [6, 6.07) is 0. The average molecular weight is 226 g/mol. The third-order valence-corrected chi connectivity index (χ3v) is 3.80. The van der Waals surface area contributed by atoms with Gasteiger partial charge in [-0.25, -0.2) is 0 Å². The van der Waals surface area contributed by atoms with Crippen LogP contribution in [0.3, 0.4) is 0 Å². The van der Waals surface area contributed by atoms with Crippen molar-refractivity contribution in [3.05, 3.63) is 0 Å². The first kappa shape index (κ1) is 13.5. The van der Waals surface area contributed by atoms with E-state index < -0.39 is 0 Å². The van der Waals surface area contributed by atoms with Crippen molar-refractivity contribution in [1.29, 1.82) is 0 Å². The summed E-state index contributed by atoms with van der Waals surface area (Å²) >= 11 is 0. The van der Waals surface area contributed by atoms with Crippen LogP contribution in [0.2, 0.25) is 0 Å². The van der Waals surface area contributed by atoms with Gasteiger partial charge < -0.3 is 10.6 Å². The number of carbonyl (C=O) groups is 1. The second kappa shape index (κ2) is 5.17. The van der Waals surface area contributed by atoms with E-state index in [-0.39, 0.29) is 16.9 Å². The molecule has 1 atom stereocenters. The second-order valence-corrected chi connectivity index (χ2v) is 5.92. The van der Waals surface area contributed by atoms with E-state index in [1.165, 1.54) is 6.42 Å². The standard InChI is InChI=1S/C13H26N2O/c1-5-12(2,3)10-14-11(16)13(4)8-6-7-9-15-13/h15H,5-10H2,1-4H3,(H,14,16). The predicted molar refractivity (Wildman–Crippen MR) is 67.3 cm³/mol. The van der Waals surface area contributed by atoms with E-state index in [2.05, 4.69) is 31.4 Å². The van der Waals surface area contributed by atoms with Gasteiger partial charge in [0.25, 0.3) is 0 Å². The molecule has 2 N–H and O–H groups in total. The number of hydrogen-bond donors (Lipinski definition) is 2. The van der Waals surface area contributed by atoms with Gasteiger partial charge in [-0.05, 0) is 44.6 Å². The third-order valence-electron chi connectivity index (χ3n) is 3.80. The second-order valence-electron chi connectivity index (χ2n) is 5.92. The number of amides is 1. The zero-order valence-corrected chi connectivity index (χ0v) is 11.2. The van der Waals surface area contributed by atoms with Crippen LogP contribution in [0, 0.1) is 5.41 Å². The van der Waals surface area contributed by atoms with Gasteiger partial charge in [0.1, 0.15) is 0 Å². The van der Waals surface area contributed by atoms with Gasteiger partial charge in [-0.15, -0.1) is 0 Å². The van der Waals surface area contributed by atoms with Gasteiger partial charge in [0.15, 0.2) is 0 Å². The highest BCUT2D eigenvalue weighted by atomic mass is 16.2. The average Bonchev–Trinajstić information content (AvgIpc) is 2.27.